The molecule has 0 atom stereocenters. The summed E-state index contributed by atoms with van der Waals surface area (Å²) in [6.07, 6.45) is -4.10. The molecular weight excluding hydrogens is 306 g/mol. The van der Waals surface area contributed by atoms with Crippen molar-refractivity contribution < 1.29 is 26.3 Å². The molecular formula is C16H8F6. The topological polar surface area (TPSA) is 0 Å². The molecule has 0 saturated carbocycles. The van der Waals surface area contributed by atoms with E-state index in [0.717, 1.165) is 36.4 Å². The van der Waals surface area contributed by atoms with Crippen molar-refractivity contribution in [3.05, 3.63) is 59.2 Å². The van der Waals surface area contributed by atoms with E-state index in [1.165, 1.54) is 6.07 Å². The molecule has 6 heteroatoms. The van der Waals surface area contributed by atoms with Gasteiger partial charge in [-0.2, -0.15) is 26.3 Å². The van der Waals surface area contributed by atoms with Gasteiger partial charge in [0.2, 0.25) is 0 Å². The smallest absolute Gasteiger partial charge is 0.166 e. The predicted molar refractivity (Wildman–Crippen MR) is 69.8 cm³/mol. The SMILES string of the molecule is C#Cc1ccc(-c2ccc(C(F)(F)F)cc2)cc1C(F)(F)F. The average Bonchev–Trinajstić information content (AvgIpc) is 2.45. The third-order valence-corrected chi connectivity index (χ3v) is 3.03. The highest BCUT2D eigenvalue weighted by Gasteiger charge is 2.33. The molecule has 0 aromatic heterocycles. The minimum atomic E-state index is -4.64. The largest absolute Gasteiger partial charge is 0.417 e. The van der Waals surface area contributed by atoms with E-state index in [1.807, 2.05) is 5.92 Å². The monoisotopic (exact) mass is 314 g/mol. The van der Waals surface area contributed by atoms with E-state index < -0.39 is 23.5 Å². The van der Waals surface area contributed by atoms with Crippen LogP contribution < -0.4 is 0 Å². The summed E-state index contributed by atoms with van der Waals surface area (Å²) in [4.78, 5) is 0. The first-order valence-electron chi connectivity index (χ1n) is 5.98. The number of terminal acetylenes is 1. The zero-order valence-corrected chi connectivity index (χ0v) is 10.9. The van der Waals surface area contributed by atoms with Gasteiger partial charge in [0.15, 0.2) is 0 Å². The molecule has 0 amide bonds. The van der Waals surface area contributed by atoms with Crippen LogP contribution in [0.5, 0.6) is 0 Å². The lowest BCUT2D eigenvalue weighted by Gasteiger charge is -2.12. The summed E-state index contributed by atoms with van der Waals surface area (Å²) in [5.41, 5.74) is -1.80. The first kappa shape index (κ1) is 16.0. The van der Waals surface area contributed by atoms with Crippen LogP contribution in [0.15, 0.2) is 42.5 Å². The second-order valence-corrected chi connectivity index (χ2v) is 4.48. The summed E-state index contributed by atoms with van der Waals surface area (Å²) >= 11 is 0. The zero-order valence-electron chi connectivity index (χ0n) is 10.9. The summed E-state index contributed by atoms with van der Waals surface area (Å²) in [6, 6.07) is 7.16. The van der Waals surface area contributed by atoms with Crippen LogP contribution in [0.25, 0.3) is 11.1 Å². The fourth-order valence-corrected chi connectivity index (χ4v) is 1.94. The summed E-state index contributed by atoms with van der Waals surface area (Å²) in [5, 5.41) is 0. The Labute approximate surface area is 122 Å². The molecule has 22 heavy (non-hydrogen) atoms. The van der Waals surface area contributed by atoms with Crippen molar-refractivity contribution in [3.8, 4) is 23.5 Å². The lowest BCUT2D eigenvalue weighted by molar-refractivity contribution is -0.138. The van der Waals surface area contributed by atoms with Gasteiger partial charge in [-0.25, -0.2) is 0 Å². The fourth-order valence-electron chi connectivity index (χ4n) is 1.94. The zero-order chi connectivity index (χ0) is 16.5. The van der Waals surface area contributed by atoms with Crippen molar-refractivity contribution in [2.75, 3.05) is 0 Å². The van der Waals surface area contributed by atoms with Crippen molar-refractivity contribution in [1.29, 1.82) is 0 Å². The van der Waals surface area contributed by atoms with Gasteiger partial charge in [-0.15, -0.1) is 6.42 Å². The predicted octanol–water partition coefficient (Wildman–Crippen LogP) is 5.37. The number of benzene rings is 2. The molecule has 0 saturated heterocycles. The standard InChI is InChI=1S/C16H8F6/c1-2-10-3-4-12(9-14(10)16(20,21)22)11-5-7-13(8-6-11)15(17,18)19/h1,3-9H. The number of halogens is 6. The number of hydrogen-bond donors (Lipinski definition) is 0. The van der Waals surface area contributed by atoms with Crippen LogP contribution in [0, 0.1) is 12.3 Å². The lowest BCUT2D eigenvalue weighted by atomic mass is 9.98. The van der Waals surface area contributed by atoms with Crippen LogP contribution in [-0.2, 0) is 12.4 Å². The van der Waals surface area contributed by atoms with Crippen molar-refractivity contribution >= 4 is 0 Å². The maximum Gasteiger partial charge on any atom is 0.417 e. The normalized spacial score (nSPS) is 12.0. The highest BCUT2D eigenvalue weighted by Crippen LogP contribution is 2.35. The highest BCUT2D eigenvalue weighted by molar-refractivity contribution is 5.66. The summed E-state index contributed by atoms with van der Waals surface area (Å²) < 4.78 is 76.1. The molecule has 0 heterocycles. The third-order valence-electron chi connectivity index (χ3n) is 3.03. The molecule has 2 aromatic carbocycles. The first-order chi connectivity index (χ1) is 10.1. The number of rotatable bonds is 1. The van der Waals surface area contributed by atoms with Gasteiger partial charge in [-0.3, -0.25) is 0 Å². The van der Waals surface area contributed by atoms with Crippen molar-refractivity contribution in [3.63, 3.8) is 0 Å². The van der Waals surface area contributed by atoms with Gasteiger partial charge in [0, 0.05) is 5.56 Å². The third kappa shape index (κ3) is 3.25. The summed E-state index contributed by atoms with van der Waals surface area (Å²) in [5.74, 6) is 1.94. The number of hydrogen-bond acceptors (Lipinski definition) is 0. The summed E-state index contributed by atoms with van der Waals surface area (Å²) in [6.45, 7) is 0. The Balaban J connectivity index is 2.48. The van der Waals surface area contributed by atoms with E-state index in [9.17, 15) is 26.3 Å². The molecule has 2 rings (SSSR count). The molecule has 0 nitrogen and oxygen atoms in total. The van der Waals surface area contributed by atoms with Gasteiger partial charge in [-0.05, 0) is 35.4 Å². The average molecular weight is 314 g/mol. The minimum absolute atomic E-state index is 0.139. The van der Waals surface area contributed by atoms with Crippen LogP contribution >= 0.6 is 0 Å². The Morgan fingerprint density at radius 3 is 1.73 bits per heavy atom. The van der Waals surface area contributed by atoms with E-state index >= 15 is 0 Å². The van der Waals surface area contributed by atoms with E-state index in [4.69, 9.17) is 6.42 Å². The van der Waals surface area contributed by atoms with Crippen LogP contribution in [0.1, 0.15) is 16.7 Å². The quantitative estimate of drug-likeness (QED) is 0.490. The first-order valence-corrected chi connectivity index (χ1v) is 5.98. The Morgan fingerprint density at radius 1 is 0.727 bits per heavy atom. The van der Waals surface area contributed by atoms with Crippen molar-refractivity contribution in [2.24, 2.45) is 0 Å². The van der Waals surface area contributed by atoms with Crippen LogP contribution in [-0.4, -0.2) is 0 Å². The Bertz CT molecular complexity index is 714. The summed E-state index contributed by atoms with van der Waals surface area (Å²) in [7, 11) is 0. The molecule has 2 aromatic rings. The van der Waals surface area contributed by atoms with Gasteiger partial charge in [0.05, 0.1) is 11.1 Å². The van der Waals surface area contributed by atoms with E-state index in [-0.39, 0.29) is 16.7 Å². The van der Waals surface area contributed by atoms with Crippen LogP contribution in [0.3, 0.4) is 0 Å². The maximum atomic E-state index is 12.9. The molecule has 0 radical (unpaired) electrons. The molecule has 0 spiro atoms. The highest BCUT2D eigenvalue weighted by atomic mass is 19.4. The molecule has 0 unspecified atom stereocenters. The molecule has 0 aliphatic carbocycles. The molecule has 114 valence electrons. The molecule has 0 N–H and O–H groups in total. The van der Waals surface area contributed by atoms with Gasteiger partial charge in [0.25, 0.3) is 0 Å². The van der Waals surface area contributed by atoms with Gasteiger partial charge < -0.3 is 0 Å². The fraction of sp³-hybridized carbons (Fsp3) is 0.125. The van der Waals surface area contributed by atoms with E-state index in [0.29, 0.717) is 0 Å². The minimum Gasteiger partial charge on any atom is -0.166 e. The van der Waals surface area contributed by atoms with Gasteiger partial charge in [-0.1, -0.05) is 24.1 Å². The second kappa shape index (κ2) is 5.41. The van der Waals surface area contributed by atoms with Crippen LogP contribution in [0.2, 0.25) is 0 Å². The van der Waals surface area contributed by atoms with Crippen molar-refractivity contribution in [2.45, 2.75) is 12.4 Å². The van der Waals surface area contributed by atoms with Gasteiger partial charge >= 0.3 is 12.4 Å². The molecule has 0 bridgehead atoms. The van der Waals surface area contributed by atoms with E-state index in [1.54, 1.807) is 0 Å². The van der Waals surface area contributed by atoms with Crippen LogP contribution in [0.4, 0.5) is 26.3 Å². The lowest BCUT2D eigenvalue weighted by Crippen LogP contribution is -2.08. The number of alkyl halides is 6. The Morgan fingerprint density at radius 2 is 1.27 bits per heavy atom. The Hall–Kier alpha value is -2.42. The maximum absolute atomic E-state index is 12.9. The van der Waals surface area contributed by atoms with Crippen molar-refractivity contribution in [1.82, 2.24) is 0 Å². The Kier molecular flexibility index (Phi) is 3.92. The second-order valence-electron chi connectivity index (χ2n) is 4.48. The molecule has 0 aliphatic rings. The van der Waals surface area contributed by atoms with E-state index in [2.05, 4.69) is 0 Å². The van der Waals surface area contributed by atoms with Gasteiger partial charge in [0.1, 0.15) is 0 Å². The molecule has 0 fully saturated rings. The molecule has 0 aliphatic heterocycles.